The van der Waals surface area contributed by atoms with Crippen molar-refractivity contribution in [2.75, 3.05) is 13.6 Å². The van der Waals surface area contributed by atoms with Crippen molar-refractivity contribution >= 4 is 5.91 Å². The molecule has 16 heavy (non-hydrogen) atoms. The Hall–Kier alpha value is -1.35. The topological polar surface area (TPSA) is 41.1 Å². The third-order valence-corrected chi connectivity index (χ3v) is 2.52. The van der Waals surface area contributed by atoms with Gasteiger partial charge in [0, 0.05) is 13.0 Å². The molecule has 0 fully saturated rings. The summed E-state index contributed by atoms with van der Waals surface area (Å²) in [5.74, 6) is 0.0864. The summed E-state index contributed by atoms with van der Waals surface area (Å²) in [6.45, 7) is 4.78. The van der Waals surface area contributed by atoms with Gasteiger partial charge in [-0.25, -0.2) is 0 Å². The predicted molar refractivity (Wildman–Crippen MR) is 66.3 cm³/mol. The number of rotatable bonds is 5. The number of benzene rings is 1. The molecule has 1 amide bonds. The van der Waals surface area contributed by atoms with Gasteiger partial charge in [-0.15, -0.1) is 0 Å². The Morgan fingerprint density at radius 1 is 1.44 bits per heavy atom. The van der Waals surface area contributed by atoms with E-state index in [9.17, 15) is 4.79 Å². The van der Waals surface area contributed by atoms with Crippen molar-refractivity contribution < 1.29 is 4.79 Å². The molecule has 0 saturated heterocycles. The molecule has 0 aliphatic carbocycles. The lowest BCUT2D eigenvalue weighted by Crippen LogP contribution is -2.29. The van der Waals surface area contributed by atoms with Crippen LogP contribution in [0.5, 0.6) is 0 Å². The molecule has 1 aromatic rings. The van der Waals surface area contributed by atoms with Gasteiger partial charge < -0.3 is 10.6 Å². The first-order chi connectivity index (χ1) is 7.63. The first kappa shape index (κ1) is 12.7. The van der Waals surface area contributed by atoms with Crippen LogP contribution in [0.25, 0.3) is 0 Å². The van der Waals surface area contributed by atoms with Crippen molar-refractivity contribution in [1.82, 2.24) is 10.6 Å². The number of hydrogen-bond acceptors (Lipinski definition) is 2. The van der Waals surface area contributed by atoms with Gasteiger partial charge in [0.25, 0.3) is 0 Å². The van der Waals surface area contributed by atoms with E-state index in [2.05, 4.69) is 29.7 Å². The largest absolute Gasteiger partial charge is 0.350 e. The highest BCUT2D eigenvalue weighted by Gasteiger charge is 2.08. The van der Waals surface area contributed by atoms with Gasteiger partial charge in [0.2, 0.25) is 5.91 Å². The minimum absolute atomic E-state index is 0.0734. The molecule has 0 bridgehead atoms. The molecule has 0 aliphatic heterocycles. The second-order valence-corrected chi connectivity index (χ2v) is 4.06. The smallest absolute Gasteiger partial charge is 0.221 e. The highest BCUT2D eigenvalue weighted by molar-refractivity contribution is 5.76. The van der Waals surface area contributed by atoms with E-state index in [0.717, 1.165) is 5.56 Å². The molecule has 2 N–H and O–H groups in total. The summed E-state index contributed by atoms with van der Waals surface area (Å²) in [7, 11) is 1.84. The Labute approximate surface area is 97.2 Å². The maximum Gasteiger partial charge on any atom is 0.221 e. The standard InChI is InChI=1S/C13H20N2O/c1-10-5-4-6-12(9-10)11(2)15-13(16)7-8-14-3/h4-6,9,11,14H,7-8H2,1-3H3,(H,15,16)/t11-/m0/s1. The van der Waals surface area contributed by atoms with E-state index in [-0.39, 0.29) is 11.9 Å². The van der Waals surface area contributed by atoms with Crippen LogP contribution in [0.3, 0.4) is 0 Å². The zero-order chi connectivity index (χ0) is 12.0. The summed E-state index contributed by atoms with van der Waals surface area (Å²) in [6, 6.07) is 8.28. The van der Waals surface area contributed by atoms with Crippen molar-refractivity contribution in [1.29, 1.82) is 0 Å². The van der Waals surface area contributed by atoms with Crippen LogP contribution in [0.4, 0.5) is 0 Å². The Balaban J connectivity index is 2.52. The Kier molecular flexibility index (Phi) is 4.99. The van der Waals surface area contributed by atoms with E-state index in [4.69, 9.17) is 0 Å². The SMILES string of the molecule is CNCCC(=O)N[C@@H](C)c1cccc(C)c1. The monoisotopic (exact) mass is 220 g/mol. The van der Waals surface area contributed by atoms with Crippen molar-refractivity contribution in [2.45, 2.75) is 26.3 Å². The Bertz CT molecular complexity index is 350. The zero-order valence-electron chi connectivity index (χ0n) is 10.2. The molecular formula is C13H20N2O. The summed E-state index contributed by atoms with van der Waals surface area (Å²) in [5.41, 5.74) is 2.37. The first-order valence-corrected chi connectivity index (χ1v) is 5.64. The van der Waals surface area contributed by atoms with Crippen LogP contribution < -0.4 is 10.6 Å². The van der Waals surface area contributed by atoms with E-state index in [1.54, 1.807) is 0 Å². The van der Waals surface area contributed by atoms with Crippen LogP contribution >= 0.6 is 0 Å². The Morgan fingerprint density at radius 3 is 2.81 bits per heavy atom. The molecule has 0 aliphatic rings. The van der Waals surface area contributed by atoms with Crippen LogP contribution in [0.2, 0.25) is 0 Å². The molecule has 0 saturated carbocycles. The Morgan fingerprint density at radius 2 is 2.19 bits per heavy atom. The lowest BCUT2D eigenvalue weighted by molar-refractivity contribution is -0.121. The number of hydrogen-bond donors (Lipinski definition) is 2. The third kappa shape index (κ3) is 4.03. The van der Waals surface area contributed by atoms with E-state index >= 15 is 0 Å². The van der Waals surface area contributed by atoms with Gasteiger partial charge in [-0.3, -0.25) is 4.79 Å². The molecule has 88 valence electrons. The second kappa shape index (κ2) is 6.28. The van der Waals surface area contributed by atoms with Gasteiger partial charge in [0.15, 0.2) is 0 Å². The lowest BCUT2D eigenvalue weighted by atomic mass is 10.1. The summed E-state index contributed by atoms with van der Waals surface area (Å²) < 4.78 is 0. The van der Waals surface area contributed by atoms with Crippen LogP contribution in [-0.2, 0) is 4.79 Å². The minimum Gasteiger partial charge on any atom is -0.350 e. The highest BCUT2D eigenvalue weighted by atomic mass is 16.1. The van der Waals surface area contributed by atoms with Crippen LogP contribution in [0.1, 0.15) is 30.5 Å². The fraction of sp³-hybridized carbons (Fsp3) is 0.462. The maximum atomic E-state index is 11.5. The molecule has 0 spiro atoms. The maximum absolute atomic E-state index is 11.5. The van der Waals surface area contributed by atoms with E-state index in [0.29, 0.717) is 13.0 Å². The molecule has 0 aromatic heterocycles. The normalized spacial score (nSPS) is 12.2. The van der Waals surface area contributed by atoms with Crippen molar-refractivity contribution in [3.8, 4) is 0 Å². The van der Waals surface area contributed by atoms with Gasteiger partial charge in [-0.05, 0) is 26.5 Å². The predicted octanol–water partition coefficient (Wildman–Crippen LogP) is 1.78. The van der Waals surface area contributed by atoms with E-state index in [1.807, 2.05) is 26.1 Å². The summed E-state index contributed by atoms with van der Waals surface area (Å²) >= 11 is 0. The van der Waals surface area contributed by atoms with Gasteiger partial charge in [-0.1, -0.05) is 29.8 Å². The fourth-order valence-electron chi connectivity index (χ4n) is 1.57. The van der Waals surface area contributed by atoms with Gasteiger partial charge in [-0.2, -0.15) is 0 Å². The van der Waals surface area contributed by atoms with Gasteiger partial charge >= 0.3 is 0 Å². The quantitative estimate of drug-likeness (QED) is 0.794. The van der Waals surface area contributed by atoms with Crippen LogP contribution in [0, 0.1) is 6.92 Å². The average molecular weight is 220 g/mol. The van der Waals surface area contributed by atoms with Gasteiger partial charge in [0.1, 0.15) is 0 Å². The molecule has 0 radical (unpaired) electrons. The molecular weight excluding hydrogens is 200 g/mol. The van der Waals surface area contributed by atoms with Crippen LogP contribution in [0.15, 0.2) is 24.3 Å². The van der Waals surface area contributed by atoms with Gasteiger partial charge in [0.05, 0.1) is 6.04 Å². The second-order valence-electron chi connectivity index (χ2n) is 4.06. The number of amides is 1. The van der Waals surface area contributed by atoms with Crippen molar-refractivity contribution in [3.05, 3.63) is 35.4 Å². The summed E-state index contributed by atoms with van der Waals surface area (Å²) in [6.07, 6.45) is 0.520. The first-order valence-electron chi connectivity index (χ1n) is 5.64. The van der Waals surface area contributed by atoms with E-state index < -0.39 is 0 Å². The lowest BCUT2D eigenvalue weighted by Gasteiger charge is -2.14. The summed E-state index contributed by atoms with van der Waals surface area (Å²) in [4.78, 5) is 11.5. The van der Waals surface area contributed by atoms with Crippen molar-refractivity contribution in [2.24, 2.45) is 0 Å². The molecule has 0 heterocycles. The van der Waals surface area contributed by atoms with Crippen molar-refractivity contribution in [3.63, 3.8) is 0 Å². The molecule has 1 aromatic carbocycles. The molecule has 0 unspecified atom stereocenters. The number of carbonyl (C=O) groups excluding carboxylic acids is 1. The van der Waals surface area contributed by atoms with E-state index in [1.165, 1.54) is 5.56 Å². The molecule has 1 atom stereocenters. The molecule has 1 rings (SSSR count). The fourth-order valence-corrected chi connectivity index (χ4v) is 1.57. The number of aryl methyl sites for hydroxylation is 1. The zero-order valence-corrected chi connectivity index (χ0v) is 10.2. The number of carbonyl (C=O) groups is 1. The average Bonchev–Trinajstić information content (AvgIpc) is 2.26. The van der Waals surface area contributed by atoms with Crippen LogP contribution in [-0.4, -0.2) is 19.5 Å². The minimum atomic E-state index is 0.0734. The number of nitrogens with one attached hydrogen (secondary N) is 2. The highest BCUT2D eigenvalue weighted by Crippen LogP contribution is 2.13. The molecule has 3 nitrogen and oxygen atoms in total. The third-order valence-electron chi connectivity index (χ3n) is 2.52. The summed E-state index contributed by atoms with van der Waals surface area (Å²) in [5, 5.41) is 5.94. The molecule has 3 heteroatoms.